The van der Waals surface area contributed by atoms with Crippen molar-refractivity contribution in [3.63, 3.8) is 0 Å². The molecule has 4 heteroatoms. The van der Waals surface area contributed by atoms with Crippen LogP contribution in [0.3, 0.4) is 0 Å². The topological polar surface area (TPSA) is 58.6 Å². The van der Waals surface area contributed by atoms with Crippen molar-refractivity contribution in [3.05, 3.63) is 35.4 Å². The molecule has 0 aliphatic carbocycles. The summed E-state index contributed by atoms with van der Waals surface area (Å²) in [6.07, 6.45) is 0. The summed E-state index contributed by atoms with van der Waals surface area (Å²) in [7, 11) is 0. The molecule has 1 saturated heterocycles. The molecule has 1 aliphatic heterocycles. The third kappa shape index (κ3) is 3.05. The van der Waals surface area contributed by atoms with E-state index in [1.54, 1.807) is 6.92 Å². The molecule has 0 bridgehead atoms. The molecule has 92 valence electrons. The third-order valence-corrected chi connectivity index (χ3v) is 3.08. The molecule has 1 fully saturated rings. The van der Waals surface area contributed by atoms with Gasteiger partial charge < -0.3 is 15.2 Å². The van der Waals surface area contributed by atoms with E-state index < -0.39 is 11.9 Å². The van der Waals surface area contributed by atoms with Gasteiger partial charge in [0, 0.05) is 6.54 Å². The molecule has 0 spiro atoms. The van der Waals surface area contributed by atoms with Crippen LogP contribution >= 0.6 is 0 Å². The molecule has 2 rings (SSSR count). The van der Waals surface area contributed by atoms with Crippen molar-refractivity contribution in [2.45, 2.75) is 25.4 Å². The summed E-state index contributed by atoms with van der Waals surface area (Å²) in [5.74, 6) is -1.24. The minimum Gasteiger partial charge on any atom is -0.481 e. The normalized spacial score (nSPS) is 17.5. The minimum atomic E-state index is -0.789. The number of benzene rings is 1. The van der Waals surface area contributed by atoms with Crippen molar-refractivity contribution in [3.8, 4) is 0 Å². The zero-order valence-corrected chi connectivity index (χ0v) is 9.85. The molecular weight excluding hydrogens is 218 g/mol. The SMILES string of the molecule is CC(C(=O)O)c1ccc(CNC2COC2)cc1. The second-order valence-electron chi connectivity index (χ2n) is 4.42. The molecule has 1 atom stereocenters. The minimum absolute atomic E-state index is 0.447. The number of hydrogen-bond acceptors (Lipinski definition) is 3. The Bertz CT molecular complexity index is 384. The van der Waals surface area contributed by atoms with Crippen LogP contribution < -0.4 is 5.32 Å². The van der Waals surface area contributed by atoms with Gasteiger partial charge in [0.05, 0.1) is 25.2 Å². The second kappa shape index (κ2) is 5.29. The van der Waals surface area contributed by atoms with Gasteiger partial charge in [0.1, 0.15) is 0 Å². The fraction of sp³-hybridized carbons (Fsp3) is 0.462. The van der Waals surface area contributed by atoms with E-state index in [0.29, 0.717) is 6.04 Å². The summed E-state index contributed by atoms with van der Waals surface area (Å²) >= 11 is 0. The Morgan fingerprint density at radius 2 is 2.12 bits per heavy atom. The first-order chi connectivity index (χ1) is 8.16. The summed E-state index contributed by atoms with van der Waals surface area (Å²) in [4.78, 5) is 10.8. The molecule has 0 aromatic heterocycles. The molecule has 0 amide bonds. The fourth-order valence-corrected chi connectivity index (χ4v) is 1.68. The fourth-order valence-electron chi connectivity index (χ4n) is 1.68. The van der Waals surface area contributed by atoms with E-state index in [1.165, 1.54) is 5.56 Å². The standard InChI is InChI=1S/C13H17NO3/c1-9(13(15)16)11-4-2-10(3-5-11)6-14-12-7-17-8-12/h2-5,9,12,14H,6-8H2,1H3,(H,15,16). The second-order valence-corrected chi connectivity index (χ2v) is 4.42. The van der Waals surface area contributed by atoms with E-state index >= 15 is 0 Å². The molecule has 1 aromatic carbocycles. The summed E-state index contributed by atoms with van der Waals surface area (Å²) < 4.78 is 5.07. The Morgan fingerprint density at radius 3 is 2.59 bits per heavy atom. The summed E-state index contributed by atoms with van der Waals surface area (Å²) in [6, 6.07) is 8.18. The average molecular weight is 235 g/mol. The van der Waals surface area contributed by atoms with Crippen molar-refractivity contribution in [2.24, 2.45) is 0 Å². The van der Waals surface area contributed by atoms with E-state index in [4.69, 9.17) is 9.84 Å². The first kappa shape index (κ1) is 12.1. The molecule has 1 aromatic rings. The van der Waals surface area contributed by atoms with Crippen molar-refractivity contribution in [1.29, 1.82) is 0 Å². The molecule has 0 saturated carbocycles. The lowest BCUT2D eigenvalue weighted by atomic mass is 10.00. The number of ether oxygens (including phenoxy) is 1. The smallest absolute Gasteiger partial charge is 0.310 e. The molecular formula is C13H17NO3. The van der Waals surface area contributed by atoms with E-state index in [0.717, 1.165) is 25.3 Å². The number of hydrogen-bond donors (Lipinski definition) is 2. The van der Waals surface area contributed by atoms with E-state index in [-0.39, 0.29) is 0 Å². The molecule has 1 heterocycles. The van der Waals surface area contributed by atoms with Crippen LogP contribution in [-0.2, 0) is 16.1 Å². The van der Waals surface area contributed by atoms with Gasteiger partial charge in [0.25, 0.3) is 0 Å². The van der Waals surface area contributed by atoms with Crippen molar-refractivity contribution in [2.75, 3.05) is 13.2 Å². The lowest BCUT2D eigenvalue weighted by Crippen LogP contribution is -2.45. The molecule has 1 aliphatic rings. The zero-order valence-electron chi connectivity index (χ0n) is 9.85. The Morgan fingerprint density at radius 1 is 1.47 bits per heavy atom. The Kier molecular flexibility index (Phi) is 3.76. The molecule has 2 N–H and O–H groups in total. The van der Waals surface area contributed by atoms with Gasteiger partial charge in [-0.3, -0.25) is 4.79 Å². The third-order valence-electron chi connectivity index (χ3n) is 3.08. The van der Waals surface area contributed by atoms with Crippen molar-refractivity contribution in [1.82, 2.24) is 5.32 Å². The maximum atomic E-state index is 10.8. The van der Waals surface area contributed by atoms with Crippen LogP contribution in [0.15, 0.2) is 24.3 Å². The average Bonchev–Trinajstić information content (AvgIpc) is 2.27. The zero-order chi connectivity index (χ0) is 12.3. The van der Waals surface area contributed by atoms with Crippen LogP contribution in [0.1, 0.15) is 24.0 Å². The number of aliphatic carboxylic acids is 1. The maximum absolute atomic E-state index is 10.8. The van der Waals surface area contributed by atoms with E-state index in [2.05, 4.69) is 5.32 Å². The highest BCUT2D eigenvalue weighted by atomic mass is 16.5. The highest BCUT2D eigenvalue weighted by Crippen LogP contribution is 2.16. The Hall–Kier alpha value is -1.39. The molecule has 17 heavy (non-hydrogen) atoms. The highest BCUT2D eigenvalue weighted by Gasteiger charge is 2.17. The highest BCUT2D eigenvalue weighted by molar-refractivity contribution is 5.75. The first-order valence-corrected chi connectivity index (χ1v) is 5.79. The lowest BCUT2D eigenvalue weighted by Gasteiger charge is -2.27. The summed E-state index contributed by atoms with van der Waals surface area (Å²) in [6.45, 7) is 4.07. The van der Waals surface area contributed by atoms with Gasteiger partial charge >= 0.3 is 5.97 Å². The summed E-state index contributed by atoms with van der Waals surface area (Å²) in [5.41, 5.74) is 2.01. The predicted octanol–water partition coefficient (Wildman–Crippen LogP) is 1.36. The number of nitrogens with one attached hydrogen (secondary N) is 1. The number of carboxylic acid groups (broad SMARTS) is 1. The van der Waals surface area contributed by atoms with Crippen LogP contribution in [0.5, 0.6) is 0 Å². The monoisotopic (exact) mass is 235 g/mol. The number of carbonyl (C=O) groups is 1. The van der Waals surface area contributed by atoms with Crippen molar-refractivity contribution < 1.29 is 14.6 Å². The Balaban J connectivity index is 1.90. The quantitative estimate of drug-likeness (QED) is 0.809. The van der Waals surface area contributed by atoms with Gasteiger partial charge in [-0.25, -0.2) is 0 Å². The van der Waals surface area contributed by atoms with Gasteiger partial charge in [0.15, 0.2) is 0 Å². The van der Waals surface area contributed by atoms with Crippen LogP contribution in [0.4, 0.5) is 0 Å². The molecule has 1 unspecified atom stereocenters. The van der Waals surface area contributed by atoms with Gasteiger partial charge in [0.2, 0.25) is 0 Å². The van der Waals surface area contributed by atoms with E-state index in [9.17, 15) is 4.79 Å². The van der Waals surface area contributed by atoms with Crippen LogP contribution in [0, 0.1) is 0 Å². The Labute approximate surface area is 101 Å². The number of carboxylic acids is 1. The van der Waals surface area contributed by atoms with E-state index in [1.807, 2.05) is 24.3 Å². The molecule has 4 nitrogen and oxygen atoms in total. The number of rotatable bonds is 5. The predicted molar refractivity (Wildman–Crippen MR) is 63.9 cm³/mol. The maximum Gasteiger partial charge on any atom is 0.310 e. The lowest BCUT2D eigenvalue weighted by molar-refractivity contribution is -0.138. The van der Waals surface area contributed by atoms with Gasteiger partial charge in [-0.2, -0.15) is 0 Å². The van der Waals surface area contributed by atoms with Crippen LogP contribution in [0.25, 0.3) is 0 Å². The van der Waals surface area contributed by atoms with Gasteiger partial charge in [-0.15, -0.1) is 0 Å². The van der Waals surface area contributed by atoms with Gasteiger partial charge in [-0.05, 0) is 18.1 Å². The van der Waals surface area contributed by atoms with Gasteiger partial charge in [-0.1, -0.05) is 24.3 Å². The van der Waals surface area contributed by atoms with Crippen LogP contribution in [-0.4, -0.2) is 30.3 Å². The first-order valence-electron chi connectivity index (χ1n) is 5.79. The van der Waals surface area contributed by atoms with Crippen molar-refractivity contribution >= 4 is 5.97 Å². The van der Waals surface area contributed by atoms with Crippen LogP contribution in [0.2, 0.25) is 0 Å². The summed E-state index contributed by atoms with van der Waals surface area (Å²) in [5, 5.41) is 12.3. The largest absolute Gasteiger partial charge is 0.481 e. The molecule has 0 radical (unpaired) electrons.